The van der Waals surface area contributed by atoms with E-state index in [1.165, 1.54) is 64.5 Å². The van der Waals surface area contributed by atoms with Gasteiger partial charge >= 0.3 is 0 Å². The SMILES string of the molecule is c1ccc(N(c2ccccc2)c2ccc(-c3ccc([Si](c4ccccc4)(c4ccccc4)c4ccc(-c5cc6ccccc6c6ccccc56)cc4)cc3)cc2)cc1. The molecule has 0 aromatic heterocycles. The molecule has 274 valence electrons. The average Bonchev–Trinajstić information content (AvgIpc) is 3.31. The van der Waals surface area contributed by atoms with E-state index in [2.05, 4.69) is 254 Å². The molecular formula is C56H41NSi. The predicted octanol–water partition coefficient (Wildman–Crippen LogP) is 12.2. The fraction of sp³-hybridized carbons (Fsp3) is 0. The number of fused-ring (bicyclic) bond motifs is 3. The first-order valence-electron chi connectivity index (χ1n) is 20.0. The molecule has 2 heteroatoms. The highest BCUT2D eigenvalue weighted by atomic mass is 28.3. The Balaban J connectivity index is 1.07. The maximum Gasteiger partial charge on any atom is 0.179 e. The van der Waals surface area contributed by atoms with Gasteiger partial charge in [-0.2, -0.15) is 0 Å². The molecule has 0 fully saturated rings. The van der Waals surface area contributed by atoms with Crippen LogP contribution in [0.2, 0.25) is 0 Å². The second kappa shape index (κ2) is 15.3. The minimum atomic E-state index is -2.75. The summed E-state index contributed by atoms with van der Waals surface area (Å²) in [7, 11) is -2.75. The highest BCUT2D eigenvalue weighted by molar-refractivity contribution is 7.19. The molecule has 0 aliphatic heterocycles. The van der Waals surface area contributed by atoms with Crippen LogP contribution in [0.1, 0.15) is 0 Å². The van der Waals surface area contributed by atoms with Crippen LogP contribution in [-0.4, -0.2) is 8.07 Å². The number of hydrogen-bond donors (Lipinski definition) is 0. The molecule has 0 heterocycles. The molecule has 58 heavy (non-hydrogen) atoms. The van der Waals surface area contributed by atoms with Crippen LogP contribution in [0.4, 0.5) is 17.1 Å². The Morgan fingerprint density at radius 3 is 1.14 bits per heavy atom. The molecule has 10 rings (SSSR count). The zero-order valence-corrected chi connectivity index (χ0v) is 33.1. The lowest BCUT2D eigenvalue weighted by Crippen LogP contribution is -2.74. The molecule has 0 saturated carbocycles. The summed E-state index contributed by atoms with van der Waals surface area (Å²) in [4.78, 5) is 2.31. The van der Waals surface area contributed by atoms with E-state index in [4.69, 9.17) is 0 Å². The monoisotopic (exact) mass is 755 g/mol. The molecule has 1 nitrogen and oxygen atoms in total. The fourth-order valence-electron chi connectivity index (χ4n) is 8.89. The third-order valence-corrected chi connectivity index (χ3v) is 16.4. The molecule has 10 aromatic carbocycles. The second-order valence-electron chi connectivity index (χ2n) is 14.9. The van der Waals surface area contributed by atoms with Crippen molar-refractivity contribution in [2.24, 2.45) is 0 Å². The minimum absolute atomic E-state index is 1.12. The van der Waals surface area contributed by atoms with Gasteiger partial charge in [0.25, 0.3) is 0 Å². The summed E-state index contributed by atoms with van der Waals surface area (Å²) in [6, 6.07) is 91.3. The lowest BCUT2D eigenvalue weighted by atomic mass is 9.93. The lowest BCUT2D eigenvalue weighted by Gasteiger charge is -2.34. The molecule has 10 aromatic rings. The number of rotatable bonds is 9. The lowest BCUT2D eigenvalue weighted by molar-refractivity contribution is 1.28. The van der Waals surface area contributed by atoms with Crippen molar-refractivity contribution in [2.45, 2.75) is 0 Å². The topological polar surface area (TPSA) is 3.24 Å². The first-order chi connectivity index (χ1) is 28.8. The zero-order valence-electron chi connectivity index (χ0n) is 32.1. The van der Waals surface area contributed by atoms with Gasteiger partial charge in [0.2, 0.25) is 0 Å². The van der Waals surface area contributed by atoms with Crippen LogP contribution in [0.5, 0.6) is 0 Å². The van der Waals surface area contributed by atoms with E-state index in [-0.39, 0.29) is 0 Å². The van der Waals surface area contributed by atoms with Gasteiger partial charge in [-0.25, -0.2) is 0 Å². The minimum Gasteiger partial charge on any atom is -0.311 e. The van der Waals surface area contributed by atoms with Crippen LogP contribution in [0.3, 0.4) is 0 Å². The molecule has 0 amide bonds. The van der Waals surface area contributed by atoms with Gasteiger partial charge in [0, 0.05) is 17.1 Å². The summed E-state index contributed by atoms with van der Waals surface area (Å²) in [5.41, 5.74) is 8.27. The van der Waals surface area contributed by atoms with E-state index in [0.717, 1.165) is 17.1 Å². The molecule has 0 saturated heterocycles. The number of anilines is 3. The molecule has 0 bridgehead atoms. The Labute approximate surface area is 341 Å². The van der Waals surface area contributed by atoms with Gasteiger partial charge in [0.15, 0.2) is 8.07 Å². The Morgan fingerprint density at radius 2 is 0.621 bits per heavy atom. The first kappa shape index (κ1) is 35.2. The van der Waals surface area contributed by atoms with Crippen molar-refractivity contribution in [3.05, 3.63) is 249 Å². The van der Waals surface area contributed by atoms with E-state index in [0.29, 0.717) is 0 Å². The molecule has 0 unspecified atom stereocenters. The van der Waals surface area contributed by atoms with Crippen LogP contribution < -0.4 is 25.6 Å². The Kier molecular flexibility index (Phi) is 9.31. The highest BCUT2D eigenvalue weighted by Gasteiger charge is 2.41. The van der Waals surface area contributed by atoms with Crippen molar-refractivity contribution in [1.29, 1.82) is 0 Å². The van der Waals surface area contributed by atoms with Crippen molar-refractivity contribution in [1.82, 2.24) is 0 Å². The van der Waals surface area contributed by atoms with Gasteiger partial charge in [-0.3, -0.25) is 0 Å². The molecular weight excluding hydrogens is 715 g/mol. The Morgan fingerprint density at radius 1 is 0.259 bits per heavy atom. The van der Waals surface area contributed by atoms with E-state index in [1.807, 2.05) is 0 Å². The van der Waals surface area contributed by atoms with E-state index < -0.39 is 8.07 Å². The Bertz CT molecular complexity index is 2870. The number of nitrogens with zero attached hydrogens (tertiary/aromatic N) is 1. The molecule has 0 aliphatic carbocycles. The summed E-state index contributed by atoms with van der Waals surface area (Å²) in [6.45, 7) is 0. The van der Waals surface area contributed by atoms with Crippen molar-refractivity contribution < 1.29 is 0 Å². The largest absolute Gasteiger partial charge is 0.311 e. The third-order valence-electron chi connectivity index (χ3n) is 11.6. The summed E-state index contributed by atoms with van der Waals surface area (Å²) in [6.07, 6.45) is 0. The molecule has 0 atom stereocenters. The van der Waals surface area contributed by atoms with Crippen molar-refractivity contribution >= 4 is 67.4 Å². The van der Waals surface area contributed by atoms with Crippen molar-refractivity contribution in [2.75, 3.05) is 4.90 Å². The van der Waals surface area contributed by atoms with Crippen LogP contribution in [-0.2, 0) is 0 Å². The highest BCUT2D eigenvalue weighted by Crippen LogP contribution is 2.36. The van der Waals surface area contributed by atoms with Gasteiger partial charge in [-0.05, 0) is 107 Å². The van der Waals surface area contributed by atoms with Gasteiger partial charge < -0.3 is 4.90 Å². The van der Waals surface area contributed by atoms with Crippen LogP contribution in [0.15, 0.2) is 249 Å². The predicted molar refractivity (Wildman–Crippen MR) is 251 cm³/mol. The maximum atomic E-state index is 2.41. The molecule has 0 spiro atoms. The first-order valence-corrected chi connectivity index (χ1v) is 22.0. The van der Waals surface area contributed by atoms with Crippen molar-refractivity contribution in [3.63, 3.8) is 0 Å². The van der Waals surface area contributed by atoms with Gasteiger partial charge in [-0.15, -0.1) is 0 Å². The summed E-state index contributed by atoms with van der Waals surface area (Å²) >= 11 is 0. The molecule has 0 N–H and O–H groups in total. The smallest absolute Gasteiger partial charge is 0.179 e. The van der Waals surface area contributed by atoms with E-state index in [1.54, 1.807) is 0 Å². The number of hydrogen-bond acceptors (Lipinski definition) is 1. The number of para-hydroxylation sites is 2. The average molecular weight is 756 g/mol. The maximum absolute atomic E-state index is 2.75. The van der Waals surface area contributed by atoms with Crippen molar-refractivity contribution in [3.8, 4) is 22.3 Å². The molecule has 0 aliphatic rings. The van der Waals surface area contributed by atoms with Gasteiger partial charge in [0.05, 0.1) is 0 Å². The van der Waals surface area contributed by atoms with Crippen LogP contribution in [0.25, 0.3) is 43.8 Å². The second-order valence-corrected chi connectivity index (χ2v) is 18.7. The Hall–Kier alpha value is -7.26. The summed E-state index contributed by atoms with van der Waals surface area (Å²) in [5.74, 6) is 0. The number of benzene rings is 10. The normalized spacial score (nSPS) is 11.4. The standard InChI is InChI=1S/C56H41NSi/c1-5-18-46(19-6-1)57(47-20-7-2-8-21-47)48-35-29-42(30-36-48)43-31-37-51(38-32-43)58(49-22-9-3-10-23-49,50-24-11-4-12-25-50)52-39-33-44(34-40-52)56-41-45-17-13-14-26-53(45)54-27-15-16-28-55(54)56/h1-41H. The molecule has 0 radical (unpaired) electrons. The van der Waals surface area contributed by atoms with Crippen LogP contribution >= 0.6 is 0 Å². The van der Waals surface area contributed by atoms with Gasteiger partial charge in [-0.1, -0.05) is 206 Å². The van der Waals surface area contributed by atoms with Crippen LogP contribution in [0, 0.1) is 0 Å². The third kappa shape index (κ3) is 6.30. The summed E-state index contributed by atoms with van der Waals surface area (Å²) in [5, 5.41) is 10.6. The van der Waals surface area contributed by atoms with E-state index in [9.17, 15) is 0 Å². The fourth-order valence-corrected chi connectivity index (χ4v) is 13.6. The summed E-state index contributed by atoms with van der Waals surface area (Å²) < 4.78 is 0. The quantitative estimate of drug-likeness (QED) is 0.0806. The zero-order chi connectivity index (χ0) is 38.7. The van der Waals surface area contributed by atoms with Gasteiger partial charge in [0.1, 0.15) is 0 Å². The van der Waals surface area contributed by atoms with E-state index >= 15 is 0 Å².